The summed E-state index contributed by atoms with van der Waals surface area (Å²) in [5.41, 5.74) is 5.41. The number of hydrogen-bond acceptors (Lipinski definition) is 4. The molecule has 0 radical (unpaired) electrons. The van der Waals surface area contributed by atoms with E-state index in [-0.39, 0.29) is 17.0 Å². The van der Waals surface area contributed by atoms with Crippen molar-refractivity contribution in [3.05, 3.63) is 77.9 Å². The lowest BCUT2D eigenvalue weighted by Gasteiger charge is -2.12. The van der Waals surface area contributed by atoms with Crippen molar-refractivity contribution in [2.45, 2.75) is 6.18 Å². The van der Waals surface area contributed by atoms with Crippen molar-refractivity contribution in [1.82, 2.24) is 0 Å². The summed E-state index contributed by atoms with van der Waals surface area (Å²) in [7, 11) is 0. The summed E-state index contributed by atoms with van der Waals surface area (Å²) in [6.07, 6.45) is -4.53. The summed E-state index contributed by atoms with van der Waals surface area (Å²) in [6.45, 7) is 0. The zero-order valence-electron chi connectivity index (χ0n) is 14.3. The lowest BCUT2D eigenvalue weighted by atomic mass is 10.1. The Balaban J connectivity index is 1.74. The number of carbonyl (C=O) groups excluding carboxylic acids is 1. The summed E-state index contributed by atoms with van der Waals surface area (Å²) in [4.78, 5) is 12.2. The van der Waals surface area contributed by atoms with E-state index in [1.807, 2.05) is 0 Å². The van der Waals surface area contributed by atoms with Crippen LogP contribution in [0.3, 0.4) is 0 Å². The summed E-state index contributed by atoms with van der Waals surface area (Å²) in [5, 5.41) is 11.8. The van der Waals surface area contributed by atoms with Crippen LogP contribution in [-0.2, 0) is 6.18 Å². The molecule has 0 aliphatic rings. The van der Waals surface area contributed by atoms with E-state index in [1.54, 1.807) is 12.1 Å². The number of carbonyl (C=O) groups is 1. The van der Waals surface area contributed by atoms with Crippen LogP contribution in [0.4, 0.5) is 24.5 Å². The monoisotopic (exact) mass is 388 g/mol. The standard InChI is InChI=1S/C20H15F3N2O3/c21-20(22,23)13-3-1-2-12(10-13)19(27)25-14-4-9-18(17(24)11-14)28-16-7-5-15(26)6-8-16/h1-11,26H,24H2,(H,25,27). The quantitative estimate of drug-likeness (QED) is 0.547. The number of nitrogen functional groups attached to an aromatic ring is 1. The summed E-state index contributed by atoms with van der Waals surface area (Å²) in [5.74, 6) is 0.165. The molecule has 0 saturated carbocycles. The smallest absolute Gasteiger partial charge is 0.416 e. The number of rotatable bonds is 4. The van der Waals surface area contributed by atoms with Gasteiger partial charge in [-0.25, -0.2) is 0 Å². The second kappa shape index (κ2) is 7.51. The molecule has 0 aliphatic carbocycles. The Morgan fingerprint density at radius 1 is 1.00 bits per heavy atom. The molecule has 5 nitrogen and oxygen atoms in total. The first-order valence-electron chi connectivity index (χ1n) is 8.07. The van der Waals surface area contributed by atoms with Gasteiger partial charge in [0.25, 0.3) is 5.91 Å². The van der Waals surface area contributed by atoms with Crippen molar-refractivity contribution >= 4 is 17.3 Å². The molecule has 0 spiro atoms. The van der Waals surface area contributed by atoms with E-state index in [4.69, 9.17) is 10.5 Å². The Morgan fingerprint density at radius 3 is 2.36 bits per heavy atom. The van der Waals surface area contributed by atoms with E-state index < -0.39 is 17.6 Å². The Labute approximate surface area is 158 Å². The van der Waals surface area contributed by atoms with Gasteiger partial charge < -0.3 is 20.9 Å². The van der Waals surface area contributed by atoms with Crippen LogP contribution in [-0.4, -0.2) is 11.0 Å². The molecule has 1 amide bonds. The van der Waals surface area contributed by atoms with Crippen LogP contribution in [0.1, 0.15) is 15.9 Å². The molecule has 28 heavy (non-hydrogen) atoms. The fourth-order valence-corrected chi connectivity index (χ4v) is 2.40. The van der Waals surface area contributed by atoms with E-state index in [1.165, 1.54) is 42.5 Å². The highest BCUT2D eigenvalue weighted by atomic mass is 19.4. The normalized spacial score (nSPS) is 11.1. The van der Waals surface area contributed by atoms with Crippen LogP contribution < -0.4 is 15.8 Å². The molecule has 3 aromatic carbocycles. The van der Waals surface area contributed by atoms with Crippen molar-refractivity contribution in [3.63, 3.8) is 0 Å². The number of phenolic OH excluding ortho intramolecular Hbond substituents is 1. The number of hydrogen-bond donors (Lipinski definition) is 3. The number of nitrogens with one attached hydrogen (secondary N) is 1. The van der Waals surface area contributed by atoms with E-state index >= 15 is 0 Å². The van der Waals surface area contributed by atoms with E-state index in [2.05, 4.69) is 5.32 Å². The number of benzene rings is 3. The minimum Gasteiger partial charge on any atom is -0.508 e. The maximum Gasteiger partial charge on any atom is 0.416 e. The second-order valence-corrected chi connectivity index (χ2v) is 5.88. The van der Waals surface area contributed by atoms with Gasteiger partial charge >= 0.3 is 6.18 Å². The second-order valence-electron chi connectivity index (χ2n) is 5.88. The van der Waals surface area contributed by atoms with Crippen molar-refractivity contribution in [3.8, 4) is 17.2 Å². The van der Waals surface area contributed by atoms with Gasteiger partial charge in [0.1, 0.15) is 17.2 Å². The molecule has 0 aliphatic heterocycles. The average molecular weight is 388 g/mol. The Hall–Kier alpha value is -3.68. The predicted molar refractivity (Wildman–Crippen MR) is 98.4 cm³/mol. The minimum absolute atomic E-state index is 0.0907. The predicted octanol–water partition coefficient (Wildman–Crippen LogP) is 5.04. The van der Waals surface area contributed by atoms with Crippen LogP contribution in [0.5, 0.6) is 17.2 Å². The highest BCUT2D eigenvalue weighted by Gasteiger charge is 2.30. The van der Waals surface area contributed by atoms with Crippen LogP contribution in [0.25, 0.3) is 0 Å². The lowest BCUT2D eigenvalue weighted by molar-refractivity contribution is -0.137. The van der Waals surface area contributed by atoms with Gasteiger partial charge in [-0.2, -0.15) is 13.2 Å². The van der Waals surface area contributed by atoms with Crippen LogP contribution >= 0.6 is 0 Å². The third-order valence-electron chi connectivity index (χ3n) is 3.78. The topological polar surface area (TPSA) is 84.6 Å². The third-order valence-corrected chi connectivity index (χ3v) is 3.78. The van der Waals surface area contributed by atoms with Gasteiger partial charge in [0.05, 0.1) is 11.3 Å². The highest BCUT2D eigenvalue weighted by Crippen LogP contribution is 2.32. The van der Waals surface area contributed by atoms with Crippen LogP contribution in [0, 0.1) is 0 Å². The molecule has 4 N–H and O–H groups in total. The molecule has 0 fully saturated rings. The summed E-state index contributed by atoms with van der Waals surface area (Å²) < 4.78 is 43.9. The molecule has 8 heteroatoms. The van der Waals surface area contributed by atoms with Crippen molar-refractivity contribution in [2.24, 2.45) is 0 Å². The van der Waals surface area contributed by atoms with Crippen molar-refractivity contribution in [2.75, 3.05) is 11.1 Å². The van der Waals surface area contributed by atoms with Gasteiger partial charge in [0, 0.05) is 11.3 Å². The minimum atomic E-state index is -4.53. The van der Waals surface area contributed by atoms with Crippen molar-refractivity contribution in [1.29, 1.82) is 0 Å². The Morgan fingerprint density at radius 2 is 1.71 bits per heavy atom. The van der Waals surface area contributed by atoms with Gasteiger partial charge in [-0.1, -0.05) is 6.07 Å². The number of alkyl halides is 3. The largest absolute Gasteiger partial charge is 0.508 e. The first-order valence-corrected chi connectivity index (χ1v) is 8.07. The van der Waals surface area contributed by atoms with Crippen LogP contribution in [0.2, 0.25) is 0 Å². The van der Waals surface area contributed by atoms with Crippen molar-refractivity contribution < 1.29 is 27.8 Å². The molecule has 144 valence electrons. The molecular weight excluding hydrogens is 373 g/mol. The van der Waals surface area contributed by atoms with E-state index in [0.29, 0.717) is 17.2 Å². The molecule has 3 aromatic rings. The molecule has 0 unspecified atom stereocenters. The van der Waals surface area contributed by atoms with Gasteiger partial charge in [-0.05, 0) is 60.7 Å². The first-order chi connectivity index (χ1) is 13.2. The summed E-state index contributed by atoms with van der Waals surface area (Å²) >= 11 is 0. The summed E-state index contributed by atoms with van der Waals surface area (Å²) in [6, 6.07) is 14.6. The number of phenols is 1. The Kier molecular flexibility index (Phi) is 5.12. The zero-order valence-corrected chi connectivity index (χ0v) is 14.3. The number of amides is 1. The maximum atomic E-state index is 12.8. The average Bonchev–Trinajstić information content (AvgIpc) is 2.65. The van der Waals surface area contributed by atoms with E-state index in [9.17, 15) is 23.1 Å². The third kappa shape index (κ3) is 4.53. The number of anilines is 2. The lowest BCUT2D eigenvalue weighted by Crippen LogP contribution is -2.14. The SMILES string of the molecule is Nc1cc(NC(=O)c2cccc(C(F)(F)F)c2)ccc1Oc1ccc(O)cc1. The van der Waals surface area contributed by atoms with Gasteiger partial charge in [-0.15, -0.1) is 0 Å². The zero-order chi connectivity index (χ0) is 20.3. The van der Waals surface area contributed by atoms with Crippen LogP contribution in [0.15, 0.2) is 66.7 Å². The highest BCUT2D eigenvalue weighted by molar-refractivity contribution is 6.04. The maximum absolute atomic E-state index is 12.8. The molecule has 0 atom stereocenters. The molecule has 0 saturated heterocycles. The molecular formula is C20H15F3N2O3. The molecule has 0 bridgehead atoms. The fourth-order valence-electron chi connectivity index (χ4n) is 2.40. The fraction of sp³-hybridized carbons (Fsp3) is 0.0500. The Bertz CT molecular complexity index is 1000. The van der Waals surface area contributed by atoms with Gasteiger partial charge in [0.2, 0.25) is 0 Å². The number of nitrogens with two attached hydrogens (primary N) is 1. The first kappa shape index (κ1) is 19.1. The number of halogens is 3. The molecule has 0 heterocycles. The number of aromatic hydroxyl groups is 1. The number of ether oxygens (including phenoxy) is 1. The molecule has 3 rings (SSSR count). The molecule has 0 aromatic heterocycles. The van der Waals surface area contributed by atoms with E-state index in [0.717, 1.165) is 12.1 Å². The van der Waals surface area contributed by atoms with Gasteiger partial charge in [-0.3, -0.25) is 4.79 Å². The van der Waals surface area contributed by atoms with Gasteiger partial charge in [0.15, 0.2) is 0 Å².